The quantitative estimate of drug-likeness (QED) is 0.132. The number of rotatable bonds is 18. The molecule has 0 amide bonds. The van der Waals surface area contributed by atoms with Gasteiger partial charge >= 0.3 is 0 Å². The van der Waals surface area contributed by atoms with Crippen molar-refractivity contribution in [1.82, 2.24) is 0 Å². The average molecular weight is 627 g/mol. The molecule has 0 aliphatic heterocycles. The highest BCUT2D eigenvalue weighted by atomic mass is 28.4. The van der Waals surface area contributed by atoms with Crippen molar-refractivity contribution in [3.8, 4) is 11.5 Å². The molecule has 44 heavy (non-hydrogen) atoms. The zero-order chi connectivity index (χ0) is 33.1. The summed E-state index contributed by atoms with van der Waals surface area (Å²) in [5.74, 6) is 1.61. The van der Waals surface area contributed by atoms with Crippen LogP contribution in [0.1, 0.15) is 59.6 Å². The Bertz CT molecular complexity index is 1150. The number of methoxy groups -OCH3 is 2. The Morgan fingerprint density at radius 2 is 1.34 bits per heavy atom. The fourth-order valence-corrected chi connectivity index (χ4v) is 6.48. The second-order valence-corrected chi connectivity index (χ2v) is 18.3. The summed E-state index contributed by atoms with van der Waals surface area (Å²) in [4.78, 5) is 0. The molecule has 0 fully saturated rings. The maximum atomic E-state index is 10.3. The summed E-state index contributed by atoms with van der Waals surface area (Å²) >= 11 is 0. The Balaban J connectivity index is 2.34. The molecular formula is C37H58O6Si. The summed E-state index contributed by atoms with van der Waals surface area (Å²) in [6.45, 7) is 24.9. The molecule has 0 bridgehead atoms. The van der Waals surface area contributed by atoms with Gasteiger partial charge in [-0.05, 0) is 66.0 Å². The van der Waals surface area contributed by atoms with E-state index in [4.69, 9.17) is 23.4 Å². The lowest BCUT2D eigenvalue weighted by atomic mass is 9.85. The summed E-state index contributed by atoms with van der Waals surface area (Å²) in [7, 11) is 1.16. The second-order valence-electron chi connectivity index (χ2n) is 13.6. The molecule has 0 aromatic heterocycles. The summed E-state index contributed by atoms with van der Waals surface area (Å²) in [5.41, 5.74) is 3.27. The first kappa shape index (κ1) is 37.8. The molecule has 0 saturated heterocycles. The van der Waals surface area contributed by atoms with E-state index in [0.29, 0.717) is 13.2 Å². The number of hydrogen-bond acceptors (Lipinski definition) is 6. The highest BCUT2D eigenvalue weighted by Crippen LogP contribution is 2.40. The van der Waals surface area contributed by atoms with Gasteiger partial charge in [-0.3, -0.25) is 0 Å². The SMILES string of the molecule is C=C[C@H](OCc1ccc(OC)cc1)[C@@H](C)/C=C(\C)[C@H](O[Si](C)(C)C(C)(C)C)[C@@H](C)[C@H](OCc1ccc(OC)cc1)[C@@H](C)CO. The van der Waals surface area contributed by atoms with Crippen LogP contribution in [0.25, 0.3) is 0 Å². The van der Waals surface area contributed by atoms with Crippen molar-refractivity contribution in [1.29, 1.82) is 0 Å². The molecule has 0 heterocycles. The zero-order valence-corrected chi connectivity index (χ0v) is 30.1. The first-order valence-corrected chi connectivity index (χ1v) is 18.7. The molecule has 246 valence electrons. The normalized spacial score (nSPS) is 16.9. The molecule has 0 aliphatic carbocycles. The summed E-state index contributed by atoms with van der Waals surface area (Å²) in [6.07, 6.45) is 3.55. The minimum absolute atomic E-state index is 0.0182. The topological polar surface area (TPSA) is 66.4 Å². The van der Waals surface area contributed by atoms with Crippen molar-refractivity contribution < 1.29 is 28.5 Å². The molecule has 0 radical (unpaired) electrons. The Hall–Kier alpha value is -2.42. The monoisotopic (exact) mass is 626 g/mol. The van der Waals surface area contributed by atoms with E-state index in [2.05, 4.69) is 67.3 Å². The van der Waals surface area contributed by atoms with Crippen molar-refractivity contribution in [2.45, 2.75) is 98.1 Å². The van der Waals surface area contributed by atoms with E-state index in [1.807, 2.05) is 61.5 Å². The van der Waals surface area contributed by atoms with Crippen molar-refractivity contribution >= 4 is 8.32 Å². The minimum Gasteiger partial charge on any atom is -0.497 e. The van der Waals surface area contributed by atoms with Crippen LogP contribution in [0, 0.1) is 17.8 Å². The highest BCUT2D eigenvalue weighted by Gasteiger charge is 2.42. The average Bonchev–Trinajstić information content (AvgIpc) is 2.99. The molecule has 0 spiro atoms. The maximum absolute atomic E-state index is 10.3. The van der Waals surface area contributed by atoms with Gasteiger partial charge in [0, 0.05) is 24.4 Å². The van der Waals surface area contributed by atoms with E-state index in [9.17, 15) is 5.11 Å². The molecule has 6 atom stereocenters. The summed E-state index contributed by atoms with van der Waals surface area (Å²) in [5, 5.41) is 10.3. The van der Waals surface area contributed by atoms with Crippen molar-refractivity contribution in [2.24, 2.45) is 17.8 Å². The predicted octanol–water partition coefficient (Wildman–Crippen LogP) is 8.60. The van der Waals surface area contributed by atoms with E-state index in [-0.39, 0.29) is 47.7 Å². The molecule has 6 nitrogen and oxygen atoms in total. The fourth-order valence-electron chi connectivity index (χ4n) is 5.09. The van der Waals surface area contributed by atoms with Crippen LogP contribution >= 0.6 is 0 Å². The molecule has 2 aromatic carbocycles. The number of aliphatic hydroxyl groups excluding tert-OH is 1. The molecule has 1 N–H and O–H groups in total. The lowest BCUT2D eigenvalue weighted by Crippen LogP contribution is -2.49. The van der Waals surface area contributed by atoms with Crippen LogP contribution in [0.5, 0.6) is 11.5 Å². The van der Waals surface area contributed by atoms with Crippen LogP contribution in [0.2, 0.25) is 18.1 Å². The van der Waals surface area contributed by atoms with E-state index >= 15 is 0 Å². The third-order valence-electron chi connectivity index (χ3n) is 9.00. The lowest BCUT2D eigenvalue weighted by Gasteiger charge is -2.43. The smallest absolute Gasteiger partial charge is 0.192 e. The van der Waals surface area contributed by atoms with Gasteiger partial charge < -0.3 is 28.5 Å². The van der Waals surface area contributed by atoms with Gasteiger partial charge in [-0.15, -0.1) is 6.58 Å². The van der Waals surface area contributed by atoms with Crippen molar-refractivity contribution in [3.05, 3.63) is 84.0 Å². The van der Waals surface area contributed by atoms with Crippen LogP contribution in [0.4, 0.5) is 0 Å². The number of hydrogen-bond donors (Lipinski definition) is 1. The van der Waals surface area contributed by atoms with Crippen LogP contribution in [0.15, 0.2) is 72.8 Å². The van der Waals surface area contributed by atoms with Gasteiger partial charge in [0.05, 0.1) is 45.7 Å². The van der Waals surface area contributed by atoms with E-state index in [1.165, 1.54) is 0 Å². The van der Waals surface area contributed by atoms with Crippen LogP contribution in [-0.2, 0) is 27.1 Å². The molecular weight excluding hydrogens is 568 g/mol. The first-order valence-electron chi connectivity index (χ1n) is 15.8. The second kappa shape index (κ2) is 17.3. The van der Waals surface area contributed by atoms with Gasteiger partial charge in [-0.2, -0.15) is 0 Å². The molecule has 2 rings (SSSR count). The van der Waals surface area contributed by atoms with Gasteiger partial charge in [-0.1, -0.05) is 78.0 Å². The summed E-state index contributed by atoms with van der Waals surface area (Å²) in [6, 6.07) is 15.8. The van der Waals surface area contributed by atoms with Gasteiger partial charge in [0.15, 0.2) is 8.32 Å². The Morgan fingerprint density at radius 3 is 1.75 bits per heavy atom. The van der Waals surface area contributed by atoms with E-state index in [0.717, 1.165) is 28.2 Å². The predicted molar refractivity (Wildman–Crippen MR) is 184 cm³/mol. The maximum Gasteiger partial charge on any atom is 0.192 e. The van der Waals surface area contributed by atoms with Gasteiger partial charge in [0.25, 0.3) is 0 Å². The first-order chi connectivity index (χ1) is 20.7. The standard InChI is InChI=1S/C37H58O6Si/c1-13-34(41-24-30-14-18-32(39-9)19-15-30)26(2)22-27(3)36(43-44(11,12)37(6,7)8)29(5)35(28(4)23-38)42-25-31-16-20-33(40-10)21-17-31/h13-22,26,28-29,34-36,38H,1,23-25H2,2-12H3/b27-22+/t26-,28-,29-,34-,35+,36-/m0/s1. The highest BCUT2D eigenvalue weighted by molar-refractivity contribution is 6.74. The largest absolute Gasteiger partial charge is 0.497 e. The van der Waals surface area contributed by atoms with Gasteiger partial charge in [0.2, 0.25) is 0 Å². The van der Waals surface area contributed by atoms with E-state index < -0.39 is 8.32 Å². The minimum atomic E-state index is -2.17. The molecule has 0 saturated carbocycles. The van der Waals surface area contributed by atoms with E-state index in [1.54, 1.807) is 14.2 Å². The van der Waals surface area contributed by atoms with Crippen LogP contribution < -0.4 is 9.47 Å². The Kier molecular flexibility index (Phi) is 14.9. The summed E-state index contributed by atoms with van der Waals surface area (Å²) < 4.78 is 30.6. The van der Waals surface area contributed by atoms with Crippen LogP contribution in [0.3, 0.4) is 0 Å². The third kappa shape index (κ3) is 10.9. The zero-order valence-electron chi connectivity index (χ0n) is 29.1. The fraction of sp³-hybridized carbons (Fsp3) is 0.568. The van der Waals surface area contributed by atoms with Crippen molar-refractivity contribution in [3.63, 3.8) is 0 Å². The van der Waals surface area contributed by atoms with Gasteiger partial charge in [0.1, 0.15) is 11.5 Å². The van der Waals surface area contributed by atoms with Crippen molar-refractivity contribution in [2.75, 3.05) is 20.8 Å². The molecule has 2 aromatic rings. The number of aliphatic hydroxyl groups is 1. The number of ether oxygens (including phenoxy) is 4. The Labute approximate surface area is 268 Å². The third-order valence-corrected chi connectivity index (χ3v) is 13.5. The molecule has 0 unspecified atom stereocenters. The molecule has 7 heteroatoms. The Morgan fingerprint density at radius 1 is 0.864 bits per heavy atom. The van der Waals surface area contributed by atoms with Crippen LogP contribution in [-0.4, -0.2) is 52.6 Å². The molecule has 0 aliphatic rings. The van der Waals surface area contributed by atoms with Gasteiger partial charge in [-0.25, -0.2) is 0 Å². The lowest BCUT2D eigenvalue weighted by molar-refractivity contribution is -0.0652. The number of benzene rings is 2.